The molecule has 1 aliphatic heterocycles. The Morgan fingerprint density at radius 1 is 1.36 bits per heavy atom. The van der Waals surface area contributed by atoms with Crippen molar-refractivity contribution in [2.45, 2.75) is 17.6 Å². The zero-order valence-corrected chi connectivity index (χ0v) is 16.5. The monoisotopic (exact) mass is 432 g/mol. The van der Waals surface area contributed by atoms with E-state index in [1.807, 2.05) is 4.72 Å². The van der Waals surface area contributed by atoms with Crippen molar-refractivity contribution in [1.29, 1.82) is 0 Å². The zero-order chi connectivity index (χ0) is 20.4. The number of aromatic nitrogens is 2. The molecule has 2 aromatic heterocycles. The molecule has 0 atom stereocenters. The molecule has 0 spiro atoms. The standard InChI is InChI=1S/C15H17FN4O6S2/c1-9-5-12(24-2)18-13(17-9)19-14(21)20-28(22,23)11-7-27-6-10(11)15(8-16)25-3-4-26-15/h5-7H,3-4,8H2,1-2H3,(H2,17,18,19,20,21). The van der Waals surface area contributed by atoms with Crippen molar-refractivity contribution in [3.63, 3.8) is 0 Å². The van der Waals surface area contributed by atoms with Crippen LogP contribution in [0.4, 0.5) is 15.1 Å². The zero-order valence-electron chi connectivity index (χ0n) is 14.9. The Kier molecular flexibility index (Phi) is 5.79. The van der Waals surface area contributed by atoms with Gasteiger partial charge in [0.25, 0.3) is 10.0 Å². The molecule has 28 heavy (non-hydrogen) atoms. The summed E-state index contributed by atoms with van der Waals surface area (Å²) in [5.41, 5.74) is 0.497. The van der Waals surface area contributed by atoms with Crippen LogP contribution in [0.1, 0.15) is 11.3 Å². The Balaban J connectivity index is 1.80. The number of methoxy groups -OCH3 is 1. The lowest BCUT2D eigenvalue weighted by molar-refractivity contribution is -0.178. The molecule has 0 aromatic carbocycles. The molecule has 10 nitrogen and oxygen atoms in total. The molecule has 0 bridgehead atoms. The summed E-state index contributed by atoms with van der Waals surface area (Å²) in [5.74, 6) is -1.74. The number of amides is 2. The first kappa shape index (κ1) is 20.4. The van der Waals surface area contributed by atoms with Crippen molar-refractivity contribution < 1.29 is 31.8 Å². The highest BCUT2D eigenvalue weighted by atomic mass is 32.2. The van der Waals surface area contributed by atoms with Crippen LogP contribution in [0.2, 0.25) is 0 Å². The number of nitrogens with zero attached hydrogens (tertiary/aromatic N) is 2. The van der Waals surface area contributed by atoms with Crippen LogP contribution in [-0.4, -0.2) is 51.4 Å². The van der Waals surface area contributed by atoms with E-state index in [1.165, 1.54) is 23.9 Å². The summed E-state index contributed by atoms with van der Waals surface area (Å²) in [6, 6.07) is 0.447. The molecular formula is C15H17FN4O6S2. The Hall–Kier alpha value is -2.35. The summed E-state index contributed by atoms with van der Waals surface area (Å²) in [6.45, 7) is 0.828. The van der Waals surface area contributed by atoms with E-state index in [1.54, 1.807) is 6.92 Å². The van der Waals surface area contributed by atoms with Crippen LogP contribution in [0.15, 0.2) is 21.7 Å². The summed E-state index contributed by atoms with van der Waals surface area (Å²) in [4.78, 5) is 19.7. The molecule has 3 heterocycles. The average Bonchev–Trinajstić information content (AvgIpc) is 3.30. The fourth-order valence-electron chi connectivity index (χ4n) is 2.53. The fraction of sp³-hybridized carbons (Fsp3) is 0.400. The molecule has 3 rings (SSSR count). The van der Waals surface area contributed by atoms with E-state index in [-0.39, 0.29) is 35.5 Å². The van der Waals surface area contributed by atoms with E-state index in [0.717, 1.165) is 11.3 Å². The van der Waals surface area contributed by atoms with Crippen LogP contribution in [0.5, 0.6) is 5.88 Å². The number of nitrogens with one attached hydrogen (secondary N) is 2. The molecule has 2 amide bonds. The number of thiophene rings is 1. The molecule has 1 saturated heterocycles. The average molecular weight is 432 g/mol. The quantitative estimate of drug-likeness (QED) is 0.703. The van der Waals surface area contributed by atoms with Gasteiger partial charge in [-0.05, 0) is 6.92 Å². The van der Waals surface area contributed by atoms with Gasteiger partial charge in [0.05, 0.1) is 20.3 Å². The lowest BCUT2D eigenvalue weighted by Crippen LogP contribution is -2.37. The van der Waals surface area contributed by atoms with Crippen LogP contribution in [-0.2, 0) is 25.3 Å². The van der Waals surface area contributed by atoms with E-state index in [4.69, 9.17) is 14.2 Å². The van der Waals surface area contributed by atoms with E-state index < -0.39 is 28.5 Å². The molecule has 2 aromatic rings. The summed E-state index contributed by atoms with van der Waals surface area (Å²) in [7, 11) is -2.95. The van der Waals surface area contributed by atoms with Gasteiger partial charge >= 0.3 is 6.03 Å². The topological polar surface area (TPSA) is 129 Å². The number of sulfonamides is 1. The third kappa shape index (κ3) is 4.06. The number of aryl methyl sites for hydroxylation is 1. The normalized spacial score (nSPS) is 16.0. The third-order valence-electron chi connectivity index (χ3n) is 3.75. The predicted octanol–water partition coefficient (Wildman–Crippen LogP) is 1.53. The van der Waals surface area contributed by atoms with Crippen molar-refractivity contribution >= 4 is 33.3 Å². The van der Waals surface area contributed by atoms with Crippen LogP contribution in [0, 0.1) is 6.92 Å². The number of alkyl halides is 1. The number of hydrogen-bond acceptors (Lipinski definition) is 9. The molecule has 0 saturated carbocycles. The number of rotatable bonds is 6. The van der Waals surface area contributed by atoms with Crippen molar-refractivity contribution in [3.05, 3.63) is 28.1 Å². The smallest absolute Gasteiger partial charge is 0.335 e. The van der Waals surface area contributed by atoms with Crippen molar-refractivity contribution in [2.24, 2.45) is 0 Å². The van der Waals surface area contributed by atoms with Gasteiger partial charge in [-0.15, -0.1) is 0 Å². The maximum Gasteiger partial charge on any atom is 0.335 e. The fourth-order valence-corrected chi connectivity index (χ4v) is 4.95. The number of carbonyl (C=O) groups excluding carboxylic acids is 1. The number of anilines is 1. The van der Waals surface area contributed by atoms with Crippen LogP contribution >= 0.6 is 11.3 Å². The van der Waals surface area contributed by atoms with Gasteiger partial charge in [0, 0.05) is 28.1 Å². The number of ether oxygens (including phenoxy) is 3. The Labute approximate surface area is 164 Å². The minimum absolute atomic E-state index is 0.00808. The van der Waals surface area contributed by atoms with Crippen LogP contribution in [0.3, 0.4) is 0 Å². The summed E-state index contributed by atoms with van der Waals surface area (Å²) in [5, 5.41) is 4.90. The molecule has 0 unspecified atom stereocenters. The van der Waals surface area contributed by atoms with Crippen LogP contribution < -0.4 is 14.8 Å². The molecule has 2 N–H and O–H groups in total. The van der Waals surface area contributed by atoms with E-state index in [0.29, 0.717) is 5.69 Å². The van der Waals surface area contributed by atoms with Crippen molar-refractivity contribution in [3.8, 4) is 5.88 Å². The first-order valence-electron chi connectivity index (χ1n) is 7.94. The van der Waals surface area contributed by atoms with E-state index in [9.17, 15) is 17.6 Å². The maximum atomic E-state index is 13.6. The third-order valence-corrected chi connectivity index (χ3v) is 6.01. The summed E-state index contributed by atoms with van der Waals surface area (Å²) >= 11 is 1.01. The van der Waals surface area contributed by atoms with Gasteiger partial charge in [0.2, 0.25) is 17.6 Å². The SMILES string of the molecule is COc1cc(C)nc(NC(=O)NS(=O)(=O)c2cscc2C2(CF)OCCO2)n1. The van der Waals surface area contributed by atoms with Crippen LogP contribution in [0.25, 0.3) is 0 Å². The number of carbonyl (C=O) groups is 1. The van der Waals surface area contributed by atoms with Gasteiger partial charge in [0.1, 0.15) is 11.6 Å². The molecule has 13 heteroatoms. The Morgan fingerprint density at radius 3 is 2.71 bits per heavy atom. The maximum absolute atomic E-state index is 13.6. The van der Waals surface area contributed by atoms with Gasteiger partial charge in [-0.3, -0.25) is 5.32 Å². The molecule has 152 valence electrons. The van der Waals surface area contributed by atoms with Crippen molar-refractivity contribution in [1.82, 2.24) is 14.7 Å². The lowest BCUT2D eigenvalue weighted by Gasteiger charge is -2.24. The Morgan fingerprint density at radius 2 is 2.07 bits per heavy atom. The Bertz CT molecular complexity index is 975. The van der Waals surface area contributed by atoms with Gasteiger partial charge < -0.3 is 14.2 Å². The molecule has 0 radical (unpaired) electrons. The largest absolute Gasteiger partial charge is 0.481 e. The summed E-state index contributed by atoms with van der Waals surface area (Å²) < 4.78 is 56.3. The first-order chi connectivity index (χ1) is 13.3. The molecule has 1 fully saturated rings. The van der Waals surface area contributed by atoms with E-state index >= 15 is 0 Å². The number of halogens is 1. The molecule has 1 aliphatic rings. The highest BCUT2D eigenvalue weighted by molar-refractivity contribution is 7.90. The minimum Gasteiger partial charge on any atom is -0.481 e. The minimum atomic E-state index is -4.34. The van der Waals surface area contributed by atoms with Gasteiger partial charge in [-0.1, -0.05) is 0 Å². The second-order valence-electron chi connectivity index (χ2n) is 5.67. The number of urea groups is 1. The van der Waals surface area contributed by atoms with Gasteiger partial charge in [-0.2, -0.15) is 16.3 Å². The van der Waals surface area contributed by atoms with Gasteiger partial charge in [-0.25, -0.2) is 27.3 Å². The second kappa shape index (κ2) is 7.95. The molecule has 0 aliphatic carbocycles. The van der Waals surface area contributed by atoms with E-state index in [2.05, 4.69) is 15.3 Å². The first-order valence-corrected chi connectivity index (χ1v) is 10.4. The van der Waals surface area contributed by atoms with Crippen molar-refractivity contribution in [2.75, 3.05) is 32.3 Å². The molecular weight excluding hydrogens is 415 g/mol. The second-order valence-corrected chi connectivity index (χ2v) is 8.06. The highest BCUT2D eigenvalue weighted by Crippen LogP contribution is 2.38. The van der Waals surface area contributed by atoms with Gasteiger partial charge in [0.15, 0.2) is 0 Å². The predicted molar refractivity (Wildman–Crippen MR) is 96.5 cm³/mol. The lowest BCUT2D eigenvalue weighted by atomic mass is 10.1. The summed E-state index contributed by atoms with van der Waals surface area (Å²) in [6.07, 6.45) is 0. The highest BCUT2D eigenvalue weighted by Gasteiger charge is 2.43. The number of hydrogen-bond donors (Lipinski definition) is 2.